The lowest BCUT2D eigenvalue weighted by molar-refractivity contribution is -0.147. The average molecular weight is 526 g/mol. The minimum absolute atomic E-state index is 0.141. The molecule has 3 N–H and O–H groups in total. The predicted molar refractivity (Wildman–Crippen MR) is 132 cm³/mol. The molecule has 5 aromatic rings. The molecule has 4 heterocycles. The Bertz CT molecular complexity index is 1590. The van der Waals surface area contributed by atoms with Crippen LogP contribution in [0.4, 0.5) is 29.1 Å². The molecule has 1 atom stereocenters. The molecule has 9 nitrogen and oxygen atoms in total. The van der Waals surface area contributed by atoms with E-state index in [0.717, 1.165) is 12.6 Å². The van der Waals surface area contributed by atoms with E-state index in [-0.39, 0.29) is 35.7 Å². The Morgan fingerprint density at radius 3 is 2.66 bits per heavy atom. The maximum atomic E-state index is 15.1. The summed E-state index contributed by atoms with van der Waals surface area (Å²) < 4.78 is 57.1. The first-order valence-electron chi connectivity index (χ1n) is 11.6. The number of aliphatic hydroxyl groups is 1. The molecular weight excluding hydrogens is 504 g/mol. The Morgan fingerprint density at radius 1 is 1.13 bits per heavy atom. The molecule has 0 unspecified atom stereocenters. The Balaban J connectivity index is 1.56. The molecule has 0 amide bonds. The van der Waals surface area contributed by atoms with Crippen LogP contribution in [0.5, 0.6) is 0 Å². The molecule has 0 bridgehead atoms. The van der Waals surface area contributed by atoms with E-state index in [2.05, 4.69) is 35.7 Å². The van der Waals surface area contributed by atoms with Crippen molar-refractivity contribution in [2.24, 2.45) is 0 Å². The van der Waals surface area contributed by atoms with Crippen molar-refractivity contribution >= 4 is 22.5 Å². The van der Waals surface area contributed by atoms with Crippen LogP contribution in [0, 0.1) is 12.7 Å². The van der Waals surface area contributed by atoms with Crippen molar-refractivity contribution in [1.82, 2.24) is 34.9 Å². The van der Waals surface area contributed by atoms with Gasteiger partial charge in [-0.2, -0.15) is 23.4 Å². The summed E-state index contributed by atoms with van der Waals surface area (Å²) in [5.41, 5.74) is 2.51. The van der Waals surface area contributed by atoms with Gasteiger partial charge in [0.25, 0.3) is 0 Å². The van der Waals surface area contributed by atoms with Crippen LogP contribution in [-0.4, -0.2) is 52.8 Å². The van der Waals surface area contributed by atoms with Crippen LogP contribution >= 0.6 is 0 Å². The zero-order chi connectivity index (χ0) is 27.0. The number of aromatic nitrogens is 7. The quantitative estimate of drug-likeness (QED) is 0.256. The number of aromatic amines is 1. The van der Waals surface area contributed by atoms with E-state index >= 15 is 4.39 Å². The number of alkyl halides is 3. The molecule has 0 aliphatic rings. The molecule has 13 heteroatoms. The summed E-state index contributed by atoms with van der Waals surface area (Å²) in [5, 5.41) is 26.6. The molecule has 0 saturated heterocycles. The normalized spacial score (nSPS) is 12.7. The van der Waals surface area contributed by atoms with Crippen LogP contribution in [0.2, 0.25) is 0 Å². The average Bonchev–Trinajstić information content (AvgIpc) is 3.52. The lowest BCUT2D eigenvalue weighted by Gasteiger charge is -2.17. The monoisotopic (exact) mass is 526 g/mol. The number of halogens is 4. The van der Waals surface area contributed by atoms with Crippen molar-refractivity contribution in [2.75, 3.05) is 11.9 Å². The predicted octanol–water partition coefficient (Wildman–Crippen LogP) is 4.99. The molecule has 38 heavy (non-hydrogen) atoms. The third-order valence-corrected chi connectivity index (χ3v) is 6.14. The van der Waals surface area contributed by atoms with Crippen LogP contribution in [0.25, 0.3) is 28.1 Å². The van der Waals surface area contributed by atoms with Gasteiger partial charge in [-0.05, 0) is 50.1 Å². The van der Waals surface area contributed by atoms with Crippen LogP contribution in [0.15, 0.2) is 48.9 Å². The number of imidazole rings is 1. The largest absolute Gasteiger partial charge is 0.396 e. The van der Waals surface area contributed by atoms with Gasteiger partial charge in [0.05, 0.1) is 45.9 Å². The maximum Gasteiger partial charge on any atom is 0.396 e. The lowest BCUT2D eigenvalue weighted by Crippen LogP contribution is -2.19. The zero-order valence-corrected chi connectivity index (χ0v) is 20.3. The van der Waals surface area contributed by atoms with E-state index in [1.54, 1.807) is 31.2 Å². The van der Waals surface area contributed by atoms with E-state index in [9.17, 15) is 18.3 Å². The van der Waals surface area contributed by atoms with Gasteiger partial charge >= 0.3 is 6.18 Å². The number of nitrogens with one attached hydrogen (secondary N) is 2. The topological polar surface area (TPSA) is 117 Å². The number of benzene rings is 1. The zero-order valence-electron chi connectivity index (χ0n) is 20.3. The van der Waals surface area contributed by atoms with Crippen LogP contribution in [0.3, 0.4) is 0 Å². The molecule has 0 fully saturated rings. The molecule has 4 aromatic heterocycles. The summed E-state index contributed by atoms with van der Waals surface area (Å²) in [5.74, 6) is -1.72. The molecule has 0 aliphatic heterocycles. The highest BCUT2D eigenvalue weighted by Gasteiger charge is 2.39. The van der Waals surface area contributed by atoms with Crippen molar-refractivity contribution in [1.29, 1.82) is 0 Å². The summed E-state index contributed by atoms with van der Waals surface area (Å²) in [6.45, 7) is 2.60. The number of hydrogen-bond donors (Lipinski definition) is 3. The summed E-state index contributed by atoms with van der Waals surface area (Å²) in [6.07, 6.45) is -1.60. The molecular formula is C25H22F4N8O. The summed E-state index contributed by atoms with van der Waals surface area (Å²) in [4.78, 5) is 8.96. The number of pyridine rings is 1. The van der Waals surface area contributed by atoms with Crippen molar-refractivity contribution in [3.8, 4) is 17.1 Å². The van der Waals surface area contributed by atoms with E-state index < -0.39 is 17.9 Å². The first-order valence-corrected chi connectivity index (χ1v) is 11.6. The van der Waals surface area contributed by atoms with Crippen LogP contribution in [-0.2, 0) is 6.42 Å². The van der Waals surface area contributed by atoms with Gasteiger partial charge in [-0.25, -0.2) is 14.4 Å². The first kappa shape index (κ1) is 25.3. The van der Waals surface area contributed by atoms with Crippen molar-refractivity contribution in [3.63, 3.8) is 0 Å². The number of nitrogens with zero attached hydrogens (tertiary/aromatic N) is 6. The third-order valence-electron chi connectivity index (χ3n) is 6.14. The number of aliphatic hydroxyl groups excluding tert-OH is 1. The van der Waals surface area contributed by atoms with Gasteiger partial charge in [0, 0.05) is 18.2 Å². The molecule has 0 aliphatic carbocycles. The third kappa shape index (κ3) is 4.79. The Morgan fingerprint density at radius 2 is 1.95 bits per heavy atom. The molecule has 0 radical (unpaired) electrons. The standard InChI is InChI=1S/C25H22F4N8O/c1-13-3-5-21(35-34-13)32-18-10-19-20(9-17(18)26)37(12-30-19)22-6-4-15(7-8-38)24(33-22)16-11-31-36-23(16)14(2)25(27,28)29/h3-6,9-12,14,38H,7-8H2,1-2H3,(H,31,36)(H,32,35)/t14-/m0/s1. The molecule has 1 aromatic carbocycles. The van der Waals surface area contributed by atoms with Crippen LogP contribution < -0.4 is 5.32 Å². The smallest absolute Gasteiger partial charge is 0.396 e. The highest BCUT2D eigenvalue weighted by molar-refractivity contribution is 5.82. The van der Waals surface area contributed by atoms with Gasteiger partial charge in [0.1, 0.15) is 18.0 Å². The second kappa shape index (κ2) is 9.82. The Hall–Kier alpha value is -4.39. The number of rotatable bonds is 7. The molecule has 0 spiro atoms. The van der Waals surface area contributed by atoms with Gasteiger partial charge < -0.3 is 10.4 Å². The number of aryl methyl sites for hydroxylation is 1. The fraction of sp³-hybridized carbons (Fsp3) is 0.240. The Labute approximate surface area is 213 Å². The van der Waals surface area contributed by atoms with Crippen LogP contribution in [0.1, 0.15) is 29.8 Å². The fourth-order valence-electron chi connectivity index (χ4n) is 4.06. The van der Waals surface area contributed by atoms with Crippen molar-refractivity contribution < 1.29 is 22.7 Å². The fourth-order valence-corrected chi connectivity index (χ4v) is 4.06. The van der Waals surface area contributed by atoms with Gasteiger partial charge in [-0.3, -0.25) is 9.67 Å². The minimum atomic E-state index is -4.50. The molecule has 5 rings (SSSR count). The molecule has 0 saturated carbocycles. The van der Waals surface area contributed by atoms with Crippen molar-refractivity contribution in [2.45, 2.75) is 32.4 Å². The summed E-state index contributed by atoms with van der Waals surface area (Å²) >= 11 is 0. The van der Waals surface area contributed by atoms with Gasteiger partial charge in [-0.1, -0.05) is 6.07 Å². The second-order valence-electron chi connectivity index (χ2n) is 8.73. The number of H-pyrrole nitrogens is 1. The van der Waals surface area contributed by atoms with E-state index in [0.29, 0.717) is 28.2 Å². The minimum Gasteiger partial charge on any atom is -0.396 e. The highest BCUT2D eigenvalue weighted by Crippen LogP contribution is 2.38. The summed E-state index contributed by atoms with van der Waals surface area (Å²) in [7, 11) is 0. The first-order chi connectivity index (χ1) is 18.2. The van der Waals surface area contributed by atoms with E-state index in [1.807, 2.05) is 0 Å². The Kier molecular flexibility index (Phi) is 6.53. The van der Waals surface area contributed by atoms with E-state index in [1.165, 1.54) is 29.2 Å². The number of fused-ring (bicyclic) bond motifs is 1. The van der Waals surface area contributed by atoms with E-state index in [4.69, 9.17) is 0 Å². The van der Waals surface area contributed by atoms with Gasteiger partial charge in [0.15, 0.2) is 5.82 Å². The number of hydrogen-bond acceptors (Lipinski definition) is 7. The summed E-state index contributed by atoms with van der Waals surface area (Å²) in [6, 6.07) is 9.51. The molecule has 196 valence electrons. The second-order valence-corrected chi connectivity index (χ2v) is 8.73. The van der Waals surface area contributed by atoms with Gasteiger partial charge in [0.2, 0.25) is 0 Å². The lowest BCUT2D eigenvalue weighted by atomic mass is 9.98. The SMILES string of the molecule is Cc1ccc(Nc2cc3ncn(-c4ccc(CCO)c(-c5cn[nH]c5[C@H](C)C(F)(F)F)n4)c3cc2F)nn1. The maximum absolute atomic E-state index is 15.1. The van der Waals surface area contributed by atoms with Gasteiger partial charge in [-0.15, -0.1) is 5.10 Å². The highest BCUT2D eigenvalue weighted by atomic mass is 19.4. The van der Waals surface area contributed by atoms with Crippen molar-refractivity contribution in [3.05, 3.63) is 71.7 Å². The number of anilines is 2.